The molecular formula is C12H22OSi. The highest BCUT2D eigenvalue weighted by Gasteiger charge is 2.29. The second-order valence-electron chi connectivity index (χ2n) is 5.26. The van der Waals surface area contributed by atoms with E-state index in [-0.39, 0.29) is 6.10 Å². The van der Waals surface area contributed by atoms with Gasteiger partial charge in [-0.15, -0.1) is 6.58 Å². The maximum absolute atomic E-state index is 10.2. The minimum absolute atomic E-state index is 0.272. The largest absolute Gasteiger partial charge is 0.389 e. The molecule has 0 amide bonds. The third-order valence-electron chi connectivity index (χ3n) is 3.08. The van der Waals surface area contributed by atoms with E-state index in [1.807, 2.05) is 0 Å². The Morgan fingerprint density at radius 2 is 2.07 bits per heavy atom. The van der Waals surface area contributed by atoms with Gasteiger partial charge in [-0.05, 0) is 25.2 Å². The molecule has 1 aliphatic carbocycles. The van der Waals surface area contributed by atoms with Gasteiger partial charge in [0.05, 0.1) is 14.2 Å². The molecule has 80 valence electrons. The topological polar surface area (TPSA) is 20.2 Å². The van der Waals surface area contributed by atoms with Crippen LogP contribution in [0.15, 0.2) is 23.9 Å². The van der Waals surface area contributed by atoms with E-state index in [9.17, 15) is 5.11 Å². The van der Waals surface area contributed by atoms with E-state index in [1.54, 1.807) is 0 Å². The zero-order valence-electron chi connectivity index (χ0n) is 9.59. The molecule has 0 aromatic heterocycles. The van der Waals surface area contributed by atoms with Crippen molar-refractivity contribution in [3.63, 3.8) is 0 Å². The predicted octanol–water partition coefficient (Wildman–Crippen LogP) is 3.14. The fourth-order valence-corrected chi connectivity index (χ4v) is 2.95. The highest BCUT2D eigenvalue weighted by atomic mass is 28.3. The van der Waals surface area contributed by atoms with Gasteiger partial charge >= 0.3 is 0 Å². The SMILES string of the molecule is C=C([C@H](O)[C@H]1CC=CCC1)[Si](C)(C)C. The highest BCUT2D eigenvalue weighted by molar-refractivity contribution is 6.83. The van der Waals surface area contributed by atoms with Gasteiger partial charge < -0.3 is 5.11 Å². The number of rotatable bonds is 3. The van der Waals surface area contributed by atoms with Crippen LogP contribution in [0.1, 0.15) is 19.3 Å². The molecule has 14 heavy (non-hydrogen) atoms. The van der Waals surface area contributed by atoms with Crippen molar-refractivity contribution in [3.05, 3.63) is 23.9 Å². The molecule has 2 heteroatoms. The van der Waals surface area contributed by atoms with Gasteiger partial charge in [-0.1, -0.05) is 37.0 Å². The summed E-state index contributed by atoms with van der Waals surface area (Å²) in [6.07, 6.45) is 7.37. The van der Waals surface area contributed by atoms with Gasteiger partial charge in [0, 0.05) is 0 Å². The molecule has 2 atom stereocenters. The number of hydrogen-bond acceptors (Lipinski definition) is 1. The second kappa shape index (κ2) is 4.45. The van der Waals surface area contributed by atoms with Crippen LogP contribution in [0.2, 0.25) is 19.6 Å². The standard InChI is InChI=1S/C12H22OSi/c1-10(14(2,3)4)12(13)11-8-6-5-7-9-11/h5-6,11-13H,1,7-9H2,2-4H3/t11-,12-/m0/s1. The van der Waals surface area contributed by atoms with Crippen LogP contribution in [-0.2, 0) is 0 Å². The fourth-order valence-electron chi connectivity index (χ4n) is 1.83. The summed E-state index contributed by atoms with van der Waals surface area (Å²) in [5.41, 5.74) is 0. The zero-order valence-corrected chi connectivity index (χ0v) is 10.6. The molecule has 0 saturated carbocycles. The number of aliphatic hydroxyl groups excluding tert-OH is 1. The Morgan fingerprint density at radius 3 is 2.50 bits per heavy atom. The molecule has 0 heterocycles. The van der Waals surface area contributed by atoms with Gasteiger partial charge in [0.25, 0.3) is 0 Å². The fraction of sp³-hybridized carbons (Fsp3) is 0.667. The summed E-state index contributed by atoms with van der Waals surface area (Å²) in [5.74, 6) is 0.416. The van der Waals surface area contributed by atoms with Gasteiger partial charge in [0.1, 0.15) is 0 Å². The Labute approximate surface area is 88.5 Å². The first-order chi connectivity index (χ1) is 6.43. The zero-order chi connectivity index (χ0) is 10.8. The Kier molecular flexibility index (Phi) is 3.73. The monoisotopic (exact) mass is 210 g/mol. The molecule has 0 aromatic rings. The lowest BCUT2D eigenvalue weighted by molar-refractivity contribution is 0.141. The maximum Gasteiger partial charge on any atom is 0.0750 e. The van der Waals surface area contributed by atoms with E-state index in [4.69, 9.17) is 0 Å². The lowest BCUT2D eigenvalue weighted by Gasteiger charge is -2.31. The van der Waals surface area contributed by atoms with E-state index in [0.29, 0.717) is 5.92 Å². The summed E-state index contributed by atoms with van der Waals surface area (Å²) in [6.45, 7) is 10.8. The van der Waals surface area contributed by atoms with Gasteiger partial charge in [0.15, 0.2) is 0 Å². The van der Waals surface area contributed by atoms with Crippen molar-refractivity contribution >= 4 is 8.07 Å². The molecule has 0 aromatic carbocycles. The molecular weight excluding hydrogens is 188 g/mol. The van der Waals surface area contributed by atoms with Crippen molar-refractivity contribution in [2.75, 3.05) is 0 Å². The molecule has 0 aliphatic heterocycles. The third-order valence-corrected chi connectivity index (χ3v) is 5.30. The molecule has 0 spiro atoms. The van der Waals surface area contributed by atoms with Crippen molar-refractivity contribution < 1.29 is 5.11 Å². The van der Waals surface area contributed by atoms with E-state index >= 15 is 0 Å². The van der Waals surface area contributed by atoms with Crippen LogP contribution in [0, 0.1) is 5.92 Å². The van der Waals surface area contributed by atoms with Crippen LogP contribution in [0.3, 0.4) is 0 Å². The second-order valence-corrected chi connectivity index (χ2v) is 10.4. The Hall–Kier alpha value is -0.343. The molecule has 0 radical (unpaired) electrons. The normalized spacial score (nSPS) is 24.7. The molecule has 0 saturated heterocycles. The minimum atomic E-state index is -1.38. The van der Waals surface area contributed by atoms with Crippen molar-refractivity contribution in [1.29, 1.82) is 0 Å². The smallest absolute Gasteiger partial charge is 0.0750 e. The van der Waals surface area contributed by atoms with E-state index in [0.717, 1.165) is 24.5 Å². The van der Waals surface area contributed by atoms with Crippen molar-refractivity contribution in [2.24, 2.45) is 5.92 Å². The Balaban J connectivity index is 2.60. The Morgan fingerprint density at radius 1 is 1.43 bits per heavy atom. The van der Waals surface area contributed by atoms with Crippen LogP contribution in [0.5, 0.6) is 0 Å². The molecule has 1 aliphatic rings. The maximum atomic E-state index is 10.2. The first kappa shape index (κ1) is 11.7. The first-order valence-electron chi connectivity index (χ1n) is 5.45. The third kappa shape index (κ3) is 2.82. The molecule has 0 unspecified atom stereocenters. The van der Waals surface area contributed by atoms with Crippen LogP contribution in [0.4, 0.5) is 0 Å². The minimum Gasteiger partial charge on any atom is -0.389 e. The van der Waals surface area contributed by atoms with Crippen LogP contribution < -0.4 is 0 Å². The number of allylic oxidation sites excluding steroid dienone is 2. The summed E-state index contributed by atoms with van der Waals surface area (Å²) < 4.78 is 0. The van der Waals surface area contributed by atoms with Crippen molar-refractivity contribution in [1.82, 2.24) is 0 Å². The molecule has 1 nitrogen and oxygen atoms in total. The van der Waals surface area contributed by atoms with E-state index in [1.165, 1.54) is 0 Å². The quantitative estimate of drug-likeness (QED) is 0.560. The van der Waals surface area contributed by atoms with Gasteiger partial charge in [0.2, 0.25) is 0 Å². The van der Waals surface area contributed by atoms with Gasteiger partial charge in [-0.2, -0.15) is 0 Å². The summed E-state index contributed by atoms with van der Waals surface area (Å²) in [7, 11) is -1.38. The molecule has 1 rings (SSSR count). The summed E-state index contributed by atoms with van der Waals surface area (Å²) in [4.78, 5) is 0. The van der Waals surface area contributed by atoms with Crippen molar-refractivity contribution in [3.8, 4) is 0 Å². The summed E-state index contributed by atoms with van der Waals surface area (Å²) in [5, 5.41) is 11.3. The summed E-state index contributed by atoms with van der Waals surface area (Å²) >= 11 is 0. The number of aliphatic hydroxyl groups is 1. The van der Waals surface area contributed by atoms with E-state index < -0.39 is 8.07 Å². The average Bonchev–Trinajstić information content (AvgIpc) is 2.15. The van der Waals surface area contributed by atoms with E-state index in [2.05, 4.69) is 38.4 Å². The molecule has 0 fully saturated rings. The van der Waals surface area contributed by atoms with Crippen LogP contribution in [0.25, 0.3) is 0 Å². The van der Waals surface area contributed by atoms with Gasteiger partial charge in [-0.3, -0.25) is 0 Å². The summed E-state index contributed by atoms with van der Waals surface area (Å²) in [6, 6.07) is 0. The Bertz CT molecular complexity index is 237. The average molecular weight is 210 g/mol. The van der Waals surface area contributed by atoms with Crippen molar-refractivity contribution in [2.45, 2.75) is 45.0 Å². The van der Waals surface area contributed by atoms with Crippen LogP contribution >= 0.6 is 0 Å². The first-order valence-corrected chi connectivity index (χ1v) is 8.95. The number of hydrogen-bond donors (Lipinski definition) is 1. The highest BCUT2D eigenvalue weighted by Crippen LogP contribution is 2.28. The lowest BCUT2D eigenvalue weighted by Crippen LogP contribution is -2.36. The lowest BCUT2D eigenvalue weighted by atomic mass is 9.89. The molecule has 0 bridgehead atoms. The molecule has 1 N–H and O–H groups in total. The van der Waals surface area contributed by atoms with Crippen LogP contribution in [-0.4, -0.2) is 19.3 Å². The predicted molar refractivity (Wildman–Crippen MR) is 65.0 cm³/mol. The van der Waals surface area contributed by atoms with Gasteiger partial charge in [-0.25, -0.2) is 0 Å².